The lowest BCUT2D eigenvalue weighted by atomic mass is 9.79. The molecule has 13 heavy (non-hydrogen) atoms. The van der Waals surface area contributed by atoms with Crippen LogP contribution in [-0.4, -0.2) is 16.8 Å². The van der Waals surface area contributed by atoms with Crippen LogP contribution >= 0.6 is 0 Å². The first-order chi connectivity index (χ1) is 5.96. The van der Waals surface area contributed by atoms with Crippen LogP contribution in [0, 0.1) is 11.3 Å². The van der Waals surface area contributed by atoms with E-state index in [1.54, 1.807) is 11.1 Å². The maximum Gasteiger partial charge on any atom is 0.232 e. The van der Waals surface area contributed by atoms with Gasteiger partial charge in [0.2, 0.25) is 5.91 Å². The Bertz CT molecular complexity index is 232. The monoisotopic (exact) mass is 181 g/mol. The van der Waals surface area contributed by atoms with Crippen LogP contribution in [0.4, 0.5) is 0 Å². The Balaban J connectivity index is 3.02. The normalized spacial score (nSPS) is 32.3. The molecule has 0 bridgehead atoms. The molecule has 1 aliphatic heterocycles. The topological polar surface area (TPSA) is 20.3 Å². The van der Waals surface area contributed by atoms with E-state index in [0.717, 1.165) is 6.42 Å². The van der Waals surface area contributed by atoms with E-state index < -0.39 is 0 Å². The van der Waals surface area contributed by atoms with Gasteiger partial charge in [0.1, 0.15) is 0 Å². The van der Waals surface area contributed by atoms with Gasteiger partial charge in [-0.15, -0.1) is 0 Å². The Labute approximate surface area is 80.6 Å². The molecule has 1 rings (SSSR count). The number of hydrogen-bond donors (Lipinski definition) is 0. The fourth-order valence-corrected chi connectivity index (χ4v) is 2.17. The van der Waals surface area contributed by atoms with E-state index >= 15 is 0 Å². The lowest BCUT2D eigenvalue weighted by molar-refractivity contribution is -0.133. The SMILES string of the molecule is C=CN1C(=O)C(C)(C)C(C)C1CC. The molecule has 2 atom stereocenters. The second-order valence-electron chi connectivity index (χ2n) is 4.38. The molecule has 0 aromatic carbocycles. The van der Waals surface area contributed by atoms with Crippen LogP contribution in [-0.2, 0) is 4.79 Å². The van der Waals surface area contributed by atoms with Gasteiger partial charge >= 0.3 is 0 Å². The highest BCUT2D eigenvalue weighted by Gasteiger charge is 2.49. The number of carbonyl (C=O) groups is 1. The zero-order valence-electron chi connectivity index (χ0n) is 9.00. The van der Waals surface area contributed by atoms with Gasteiger partial charge in [0.15, 0.2) is 0 Å². The Morgan fingerprint density at radius 3 is 2.46 bits per heavy atom. The van der Waals surface area contributed by atoms with Crippen molar-refractivity contribution in [3.8, 4) is 0 Å². The standard InChI is InChI=1S/C11H19NO/c1-6-9-8(3)11(4,5)10(13)12(9)7-2/h7-9H,2,6H2,1,3-5H3. The van der Waals surface area contributed by atoms with Crippen LogP contribution in [0.3, 0.4) is 0 Å². The van der Waals surface area contributed by atoms with Gasteiger partial charge in [-0.1, -0.05) is 34.3 Å². The second-order valence-corrected chi connectivity index (χ2v) is 4.38. The van der Waals surface area contributed by atoms with Gasteiger partial charge in [-0.05, 0) is 18.5 Å². The minimum atomic E-state index is -0.227. The van der Waals surface area contributed by atoms with Crippen molar-refractivity contribution in [3.63, 3.8) is 0 Å². The van der Waals surface area contributed by atoms with Crippen molar-refractivity contribution in [2.75, 3.05) is 0 Å². The maximum absolute atomic E-state index is 11.9. The van der Waals surface area contributed by atoms with Gasteiger partial charge in [0.05, 0.1) is 0 Å². The molecule has 1 heterocycles. The number of nitrogens with zero attached hydrogens (tertiary/aromatic N) is 1. The van der Waals surface area contributed by atoms with Gasteiger partial charge in [-0.2, -0.15) is 0 Å². The molecule has 1 aliphatic rings. The predicted octanol–water partition coefficient (Wildman–Crippen LogP) is 2.41. The Kier molecular flexibility index (Phi) is 2.51. The zero-order valence-corrected chi connectivity index (χ0v) is 9.00. The molecule has 0 aromatic heterocycles. The van der Waals surface area contributed by atoms with E-state index in [2.05, 4.69) is 20.4 Å². The Morgan fingerprint density at radius 1 is 1.62 bits per heavy atom. The Hall–Kier alpha value is -0.790. The van der Waals surface area contributed by atoms with Crippen molar-refractivity contribution in [1.82, 2.24) is 4.90 Å². The minimum Gasteiger partial charge on any atom is -0.316 e. The first kappa shape index (κ1) is 10.3. The minimum absolute atomic E-state index is 0.210. The van der Waals surface area contributed by atoms with Crippen LogP contribution in [0.25, 0.3) is 0 Å². The van der Waals surface area contributed by atoms with Crippen molar-refractivity contribution >= 4 is 5.91 Å². The van der Waals surface area contributed by atoms with Gasteiger partial charge < -0.3 is 4.90 Å². The van der Waals surface area contributed by atoms with Crippen molar-refractivity contribution in [3.05, 3.63) is 12.8 Å². The molecule has 74 valence electrons. The van der Waals surface area contributed by atoms with E-state index in [-0.39, 0.29) is 11.3 Å². The summed E-state index contributed by atoms with van der Waals surface area (Å²) in [7, 11) is 0. The summed E-state index contributed by atoms with van der Waals surface area (Å²) >= 11 is 0. The number of hydrogen-bond acceptors (Lipinski definition) is 1. The summed E-state index contributed by atoms with van der Waals surface area (Å²) in [5, 5.41) is 0. The number of rotatable bonds is 2. The number of amides is 1. The van der Waals surface area contributed by atoms with Crippen molar-refractivity contribution < 1.29 is 4.79 Å². The number of carbonyl (C=O) groups excluding carboxylic acids is 1. The second kappa shape index (κ2) is 3.17. The first-order valence-corrected chi connectivity index (χ1v) is 4.92. The molecule has 1 saturated heterocycles. The maximum atomic E-state index is 11.9. The summed E-state index contributed by atoms with van der Waals surface area (Å²) < 4.78 is 0. The van der Waals surface area contributed by atoms with E-state index in [9.17, 15) is 4.79 Å². The molecular formula is C11H19NO. The summed E-state index contributed by atoms with van der Waals surface area (Å²) in [6, 6.07) is 0.333. The molecule has 2 heteroatoms. The van der Waals surface area contributed by atoms with E-state index in [1.807, 2.05) is 13.8 Å². The molecule has 2 nitrogen and oxygen atoms in total. The summed E-state index contributed by atoms with van der Waals surface area (Å²) in [5.41, 5.74) is -0.227. The van der Waals surface area contributed by atoms with E-state index in [0.29, 0.717) is 12.0 Å². The number of likely N-dealkylation sites (tertiary alicyclic amines) is 1. The molecule has 0 aliphatic carbocycles. The third kappa shape index (κ3) is 1.28. The first-order valence-electron chi connectivity index (χ1n) is 4.92. The van der Waals surface area contributed by atoms with Crippen molar-refractivity contribution in [2.45, 2.75) is 40.2 Å². The van der Waals surface area contributed by atoms with E-state index in [4.69, 9.17) is 0 Å². The molecule has 0 radical (unpaired) electrons. The van der Waals surface area contributed by atoms with Gasteiger partial charge in [0.25, 0.3) is 0 Å². The van der Waals surface area contributed by atoms with Crippen LogP contribution in [0.5, 0.6) is 0 Å². The molecule has 2 unspecified atom stereocenters. The lowest BCUT2D eigenvalue weighted by Crippen LogP contribution is -2.29. The highest BCUT2D eigenvalue weighted by atomic mass is 16.2. The van der Waals surface area contributed by atoms with Crippen molar-refractivity contribution in [2.24, 2.45) is 11.3 Å². The highest BCUT2D eigenvalue weighted by molar-refractivity contribution is 5.86. The van der Waals surface area contributed by atoms with Gasteiger partial charge in [-0.3, -0.25) is 4.79 Å². The fourth-order valence-electron chi connectivity index (χ4n) is 2.17. The molecule has 1 fully saturated rings. The lowest BCUT2D eigenvalue weighted by Gasteiger charge is -2.23. The molecule has 0 saturated carbocycles. The summed E-state index contributed by atoms with van der Waals surface area (Å²) in [6.07, 6.45) is 2.67. The summed E-state index contributed by atoms with van der Waals surface area (Å²) in [5.74, 6) is 0.616. The molecule has 1 amide bonds. The molecule has 0 N–H and O–H groups in total. The molecule has 0 aromatic rings. The summed E-state index contributed by atoms with van der Waals surface area (Å²) in [4.78, 5) is 13.7. The third-order valence-corrected chi connectivity index (χ3v) is 3.47. The molecular weight excluding hydrogens is 162 g/mol. The average Bonchev–Trinajstić information content (AvgIpc) is 2.26. The van der Waals surface area contributed by atoms with Crippen molar-refractivity contribution in [1.29, 1.82) is 0 Å². The van der Waals surface area contributed by atoms with Crippen LogP contribution in [0.2, 0.25) is 0 Å². The average molecular weight is 181 g/mol. The fraction of sp³-hybridized carbons (Fsp3) is 0.727. The van der Waals surface area contributed by atoms with Crippen LogP contribution < -0.4 is 0 Å². The largest absolute Gasteiger partial charge is 0.316 e. The van der Waals surface area contributed by atoms with Gasteiger partial charge in [-0.25, -0.2) is 0 Å². The smallest absolute Gasteiger partial charge is 0.232 e. The Morgan fingerprint density at radius 2 is 2.15 bits per heavy atom. The quantitative estimate of drug-likeness (QED) is 0.640. The molecule has 0 spiro atoms. The zero-order chi connectivity index (χ0) is 10.2. The van der Waals surface area contributed by atoms with E-state index in [1.165, 1.54) is 0 Å². The predicted molar refractivity (Wildman–Crippen MR) is 54.1 cm³/mol. The highest BCUT2D eigenvalue weighted by Crippen LogP contribution is 2.41. The van der Waals surface area contributed by atoms with Gasteiger partial charge in [0, 0.05) is 11.5 Å². The van der Waals surface area contributed by atoms with Crippen LogP contribution in [0.15, 0.2) is 12.8 Å². The third-order valence-electron chi connectivity index (χ3n) is 3.47. The summed E-state index contributed by atoms with van der Waals surface area (Å²) in [6.45, 7) is 12.0. The van der Waals surface area contributed by atoms with Crippen LogP contribution in [0.1, 0.15) is 34.1 Å².